The molecule has 1 amide bonds. The molecule has 0 fully saturated rings. The van der Waals surface area contributed by atoms with Gasteiger partial charge >= 0.3 is 0 Å². The number of nitrogens with one attached hydrogen (secondary N) is 1. The molecule has 0 saturated heterocycles. The number of sulfonamides is 1. The van der Waals surface area contributed by atoms with Crippen LogP contribution in [0.15, 0.2) is 59.5 Å². The molecule has 0 radical (unpaired) electrons. The minimum absolute atomic E-state index is 0.0118. The molecule has 0 saturated carbocycles. The quantitative estimate of drug-likeness (QED) is 0.556. The number of hydroxylamine groups is 1. The molecule has 0 aliphatic rings. The first kappa shape index (κ1) is 20.4. The lowest BCUT2D eigenvalue weighted by Crippen LogP contribution is -2.51. The van der Waals surface area contributed by atoms with Gasteiger partial charge in [0, 0.05) is 11.6 Å². The third-order valence-corrected chi connectivity index (χ3v) is 6.02. The third-order valence-electron chi connectivity index (χ3n) is 3.92. The summed E-state index contributed by atoms with van der Waals surface area (Å²) in [6.07, 6.45) is 0. The maximum absolute atomic E-state index is 13.2. The molecule has 0 aromatic heterocycles. The lowest BCUT2D eigenvalue weighted by atomic mass is 10.0. The Morgan fingerprint density at radius 2 is 1.69 bits per heavy atom. The van der Waals surface area contributed by atoms with Crippen LogP contribution in [0, 0.1) is 5.92 Å². The topological polar surface area (TPSA) is 86.7 Å². The van der Waals surface area contributed by atoms with Crippen molar-refractivity contribution < 1.29 is 18.4 Å². The Balaban J connectivity index is 2.54. The summed E-state index contributed by atoms with van der Waals surface area (Å²) < 4.78 is 27.6. The van der Waals surface area contributed by atoms with Gasteiger partial charge in [-0.2, -0.15) is 4.31 Å². The maximum Gasteiger partial charge on any atom is 0.262 e. The van der Waals surface area contributed by atoms with E-state index in [1.54, 1.807) is 43.6 Å². The summed E-state index contributed by atoms with van der Waals surface area (Å²) in [5.74, 6) is -1.15. The van der Waals surface area contributed by atoms with Crippen molar-refractivity contribution in [1.29, 1.82) is 0 Å². The molecule has 0 unspecified atom stereocenters. The second-order valence-corrected chi connectivity index (χ2v) is 8.48. The van der Waals surface area contributed by atoms with Gasteiger partial charge in [0.1, 0.15) is 6.04 Å². The molecule has 2 rings (SSSR count). The molecular formula is C18H21ClN2O4S. The highest BCUT2D eigenvalue weighted by Crippen LogP contribution is 2.25. The molecule has 0 aliphatic carbocycles. The Morgan fingerprint density at radius 1 is 1.12 bits per heavy atom. The highest BCUT2D eigenvalue weighted by atomic mass is 35.5. The summed E-state index contributed by atoms with van der Waals surface area (Å²) in [7, 11) is -4.01. The Morgan fingerprint density at radius 3 is 2.19 bits per heavy atom. The molecule has 2 N–H and O–H groups in total. The van der Waals surface area contributed by atoms with Gasteiger partial charge in [0.15, 0.2) is 0 Å². The van der Waals surface area contributed by atoms with Crippen LogP contribution in [0.4, 0.5) is 0 Å². The number of hydrogen-bond acceptors (Lipinski definition) is 4. The van der Waals surface area contributed by atoms with E-state index in [1.165, 1.54) is 24.3 Å². The van der Waals surface area contributed by atoms with Gasteiger partial charge in [-0.1, -0.05) is 55.8 Å². The fraction of sp³-hybridized carbons (Fsp3) is 0.278. The van der Waals surface area contributed by atoms with Crippen LogP contribution in [-0.4, -0.2) is 29.9 Å². The monoisotopic (exact) mass is 396 g/mol. The molecular weight excluding hydrogens is 376 g/mol. The first-order valence-corrected chi connectivity index (χ1v) is 9.84. The van der Waals surface area contributed by atoms with Crippen LogP contribution in [0.3, 0.4) is 0 Å². The molecule has 6 nitrogen and oxygen atoms in total. The van der Waals surface area contributed by atoms with Gasteiger partial charge in [-0.25, -0.2) is 13.9 Å². The molecule has 2 aromatic rings. The van der Waals surface area contributed by atoms with E-state index in [0.717, 1.165) is 9.87 Å². The highest BCUT2D eigenvalue weighted by Gasteiger charge is 2.37. The van der Waals surface area contributed by atoms with Crippen molar-refractivity contribution in [3.63, 3.8) is 0 Å². The van der Waals surface area contributed by atoms with Crippen LogP contribution >= 0.6 is 11.6 Å². The van der Waals surface area contributed by atoms with Gasteiger partial charge in [0.2, 0.25) is 10.0 Å². The second kappa shape index (κ2) is 8.64. The number of rotatable bonds is 7. The van der Waals surface area contributed by atoms with Crippen LogP contribution in [0.2, 0.25) is 5.02 Å². The van der Waals surface area contributed by atoms with Gasteiger partial charge in [-0.05, 0) is 35.7 Å². The fourth-order valence-corrected chi connectivity index (χ4v) is 4.50. The lowest BCUT2D eigenvalue weighted by Gasteiger charge is -2.32. The average Bonchev–Trinajstić information content (AvgIpc) is 2.62. The minimum atomic E-state index is -4.01. The zero-order valence-electron chi connectivity index (χ0n) is 14.5. The van der Waals surface area contributed by atoms with E-state index in [0.29, 0.717) is 5.02 Å². The van der Waals surface area contributed by atoms with Crippen LogP contribution in [0.25, 0.3) is 0 Å². The number of nitrogens with zero attached hydrogens (tertiary/aromatic N) is 1. The predicted molar refractivity (Wildman–Crippen MR) is 99.2 cm³/mol. The van der Waals surface area contributed by atoms with Crippen molar-refractivity contribution >= 4 is 27.5 Å². The van der Waals surface area contributed by atoms with E-state index in [2.05, 4.69) is 0 Å². The molecule has 1 atom stereocenters. The molecule has 8 heteroatoms. The molecule has 26 heavy (non-hydrogen) atoms. The van der Waals surface area contributed by atoms with E-state index in [1.807, 2.05) is 6.07 Å². The van der Waals surface area contributed by atoms with Crippen LogP contribution in [0.1, 0.15) is 19.4 Å². The summed E-state index contributed by atoms with van der Waals surface area (Å²) in [5, 5.41) is 9.51. The van der Waals surface area contributed by atoms with Crippen molar-refractivity contribution in [3.05, 3.63) is 65.2 Å². The molecule has 0 spiro atoms. The van der Waals surface area contributed by atoms with Crippen LogP contribution < -0.4 is 5.48 Å². The van der Waals surface area contributed by atoms with E-state index >= 15 is 0 Å². The first-order valence-electron chi connectivity index (χ1n) is 8.02. The summed E-state index contributed by atoms with van der Waals surface area (Å²) in [6.45, 7) is 3.42. The zero-order valence-corrected chi connectivity index (χ0v) is 16.0. The van der Waals surface area contributed by atoms with Crippen molar-refractivity contribution in [3.8, 4) is 0 Å². The number of benzene rings is 2. The molecule has 0 bridgehead atoms. The number of amides is 1. The standard InChI is InChI=1S/C18H21ClN2O4S/c1-13(2)17(18(22)20-23)21(12-14-6-4-3-5-7-14)26(24,25)16-10-8-15(19)9-11-16/h3-11,13,17,23H,12H2,1-2H3,(H,20,22)/t17-/m0/s1. The summed E-state index contributed by atoms with van der Waals surface area (Å²) in [6, 6.07) is 13.6. The third kappa shape index (κ3) is 4.62. The van der Waals surface area contributed by atoms with Gasteiger partial charge in [-0.3, -0.25) is 10.0 Å². The number of hydrogen-bond donors (Lipinski definition) is 2. The molecule has 0 heterocycles. The number of carbonyl (C=O) groups excluding carboxylic acids is 1. The van der Waals surface area contributed by atoms with Crippen LogP contribution in [0.5, 0.6) is 0 Å². The van der Waals surface area contributed by atoms with E-state index in [9.17, 15) is 13.2 Å². The average molecular weight is 397 g/mol. The van der Waals surface area contributed by atoms with Gasteiger partial charge in [0.05, 0.1) is 4.90 Å². The Bertz CT molecular complexity index is 839. The Labute approximate surface area is 158 Å². The normalized spacial score (nSPS) is 13.0. The van der Waals surface area contributed by atoms with E-state index < -0.39 is 22.0 Å². The van der Waals surface area contributed by atoms with Gasteiger partial charge in [0.25, 0.3) is 5.91 Å². The lowest BCUT2D eigenvalue weighted by molar-refractivity contribution is -0.134. The molecule has 140 valence electrons. The van der Waals surface area contributed by atoms with E-state index in [-0.39, 0.29) is 17.4 Å². The van der Waals surface area contributed by atoms with Crippen molar-refractivity contribution in [2.24, 2.45) is 5.92 Å². The fourth-order valence-electron chi connectivity index (χ4n) is 2.67. The van der Waals surface area contributed by atoms with Crippen LogP contribution in [-0.2, 0) is 21.4 Å². The SMILES string of the molecule is CC(C)[C@@H](C(=O)NO)N(Cc1ccccc1)S(=O)(=O)c1ccc(Cl)cc1. The van der Waals surface area contributed by atoms with Crippen molar-refractivity contribution in [2.45, 2.75) is 31.3 Å². The van der Waals surface area contributed by atoms with Crippen molar-refractivity contribution in [1.82, 2.24) is 9.79 Å². The number of carbonyl (C=O) groups is 1. The summed E-state index contributed by atoms with van der Waals surface area (Å²) in [4.78, 5) is 12.3. The molecule has 2 aromatic carbocycles. The number of halogens is 1. The summed E-state index contributed by atoms with van der Waals surface area (Å²) >= 11 is 5.85. The first-order chi connectivity index (χ1) is 12.3. The maximum atomic E-state index is 13.2. The van der Waals surface area contributed by atoms with Crippen molar-refractivity contribution in [2.75, 3.05) is 0 Å². The molecule has 0 aliphatic heterocycles. The second-order valence-electron chi connectivity index (χ2n) is 6.15. The Kier molecular flexibility index (Phi) is 6.77. The Hall–Kier alpha value is -1.93. The zero-order chi connectivity index (χ0) is 19.3. The highest BCUT2D eigenvalue weighted by molar-refractivity contribution is 7.89. The minimum Gasteiger partial charge on any atom is -0.289 e. The van der Waals surface area contributed by atoms with Gasteiger partial charge in [-0.15, -0.1) is 0 Å². The van der Waals surface area contributed by atoms with E-state index in [4.69, 9.17) is 16.8 Å². The van der Waals surface area contributed by atoms with Gasteiger partial charge < -0.3 is 0 Å². The summed E-state index contributed by atoms with van der Waals surface area (Å²) in [5.41, 5.74) is 2.30. The largest absolute Gasteiger partial charge is 0.289 e. The predicted octanol–water partition coefficient (Wildman–Crippen LogP) is 3.06. The smallest absolute Gasteiger partial charge is 0.262 e.